The molecule has 0 saturated carbocycles. The molecule has 1 amide bonds. The highest BCUT2D eigenvalue weighted by molar-refractivity contribution is 5.93. The van der Waals surface area contributed by atoms with Gasteiger partial charge in [0.25, 0.3) is 5.91 Å². The van der Waals surface area contributed by atoms with E-state index in [2.05, 4.69) is 27.4 Å². The molecular weight excluding hydrogens is 668 g/mol. The smallest absolute Gasteiger partial charge is 0.271 e. The third-order valence-electron chi connectivity index (χ3n) is 9.42. The summed E-state index contributed by atoms with van der Waals surface area (Å²) in [5, 5.41) is 33.3. The van der Waals surface area contributed by atoms with Crippen LogP contribution in [0.2, 0.25) is 0 Å². The van der Waals surface area contributed by atoms with Gasteiger partial charge in [-0.3, -0.25) is 9.78 Å². The van der Waals surface area contributed by atoms with Gasteiger partial charge < -0.3 is 35.0 Å². The first-order valence-electron chi connectivity index (χ1n) is 17.7. The van der Waals surface area contributed by atoms with E-state index in [1.807, 2.05) is 96.9 Å². The molecule has 6 aromatic rings. The lowest BCUT2D eigenvalue weighted by molar-refractivity contribution is -0.252. The number of phenolic OH excluding ortho intramolecular Hbond substituents is 1. The Labute approximate surface area is 308 Å². The first-order valence-corrected chi connectivity index (χ1v) is 17.7. The largest absolute Gasteiger partial charge is 0.508 e. The van der Waals surface area contributed by atoms with E-state index in [1.165, 1.54) is 6.20 Å². The van der Waals surface area contributed by atoms with Gasteiger partial charge in [0.2, 0.25) is 0 Å². The number of benzene rings is 5. The standard InChI is InChI=1S/C43H42N4O6/c1-47(26-40(50)33-10-6-12-35(49)21-33)25-36-22-41(30-17-15-28(27-48)16-18-30)53-43(52-36)34-11-5-9-32(20-34)31-8-4-7-29(19-31)23-45-42(51)39-24-44-37-13-2-3-14-38(37)46-39/h2-21,24,36,40-41,43,48-50H,22-23,25-27H2,1H3,(H,45,51). The summed E-state index contributed by atoms with van der Waals surface area (Å²) in [6.07, 6.45) is 0.162. The number of fused-ring (bicyclic) bond motifs is 1. The SMILES string of the molecule is CN(CC1CC(c2ccc(CO)cc2)OC(c2cccc(-c3cccc(CNC(=O)c4cnc5ccccc5n4)c3)c2)O1)CC(O)c1cccc(O)c1. The zero-order valence-corrected chi connectivity index (χ0v) is 29.4. The molecule has 2 heterocycles. The quantitative estimate of drug-likeness (QED) is 0.110. The molecule has 0 bridgehead atoms. The Hall–Kier alpha value is -5.49. The number of aliphatic hydroxyl groups excluding tert-OH is 2. The van der Waals surface area contributed by atoms with E-state index in [0.29, 0.717) is 37.1 Å². The molecule has 10 heteroatoms. The number of carbonyl (C=O) groups excluding carboxylic acids is 1. The van der Waals surface area contributed by atoms with Gasteiger partial charge in [0.1, 0.15) is 11.4 Å². The number of aromatic nitrogens is 2. The number of likely N-dealkylation sites (N-methyl/N-ethyl adjacent to an activating group) is 1. The molecule has 0 radical (unpaired) electrons. The number of para-hydroxylation sites is 2. The van der Waals surface area contributed by atoms with Crippen molar-refractivity contribution in [3.8, 4) is 16.9 Å². The van der Waals surface area contributed by atoms with E-state index < -0.39 is 12.4 Å². The van der Waals surface area contributed by atoms with Gasteiger partial charge in [0, 0.05) is 31.6 Å². The Morgan fingerprint density at radius 2 is 1.60 bits per heavy atom. The Kier molecular flexibility index (Phi) is 11.1. The van der Waals surface area contributed by atoms with E-state index in [9.17, 15) is 20.1 Å². The minimum absolute atomic E-state index is 0.0357. The van der Waals surface area contributed by atoms with Gasteiger partial charge in [-0.15, -0.1) is 0 Å². The number of ether oxygens (including phenoxy) is 2. The van der Waals surface area contributed by atoms with Gasteiger partial charge in [-0.25, -0.2) is 4.98 Å². The van der Waals surface area contributed by atoms with Crippen molar-refractivity contribution in [3.63, 3.8) is 0 Å². The summed E-state index contributed by atoms with van der Waals surface area (Å²) >= 11 is 0. The van der Waals surface area contributed by atoms with Crippen LogP contribution in [-0.4, -0.2) is 62.3 Å². The highest BCUT2D eigenvalue weighted by Crippen LogP contribution is 2.39. The lowest BCUT2D eigenvalue weighted by Crippen LogP contribution is -2.39. The van der Waals surface area contributed by atoms with Crippen LogP contribution >= 0.6 is 0 Å². The molecule has 0 aliphatic carbocycles. The van der Waals surface area contributed by atoms with Gasteiger partial charge in [0.05, 0.1) is 42.1 Å². The molecule has 1 aromatic heterocycles. The minimum Gasteiger partial charge on any atom is -0.508 e. The average Bonchev–Trinajstić information content (AvgIpc) is 3.19. The normalized spacial score (nSPS) is 17.8. The average molecular weight is 711 g/mol. The van der Waals surface area contributed by atoms with Gasteiger partial charge in [-0.1, -0.05) is 84.9 Å². The highest BCUT2D eigenvalue weighted by Gasteiger charge is 2.33. The van der Waals surface area contributed by atoms with Crippen molar-refractivity contribution < 1.29 is 29.6 Å². The summed E-state index contributed by atoms with van der Waals surface area (Å²) in [6.45, 7) is 1.18. The van der Waals surface area contributed by atoms with Gasteiger partial charge in [0.15, 0.2) is 6.29 Å². The molecule has 1 aliphatic rings. The fourth-order valence-electron chi connectivity index (χ4n) is 6.65. The fourth-order valence-corrected chi connectivity index (χ4v) is 6.65. The minimum atomic E-state index is -0.780. The van der Waals surface area contributed by atoms with E-state index in [-0.39, 0.29) is 36.2 Å². The molecule has 0 spiro atoms. The van der Waals surface area contributed by atoms with Crippen LogP contribution in [0.3, 0.4) is 0 Å². The molecule has 270 valence electrons. The van der Waals surface area contributed by atoms with E-state index in [0.717, 1.165) is 38.9 Å². The second-order valence-electron chi connectivity index (χ2n) is 13.4. The van der Waals surface area contributed by atoms with Crippen LogP contribution < -0.4 is 5.32 Å². The number of phenols is 1. The van der Waals surface area contributed by atoms with Crippen LogP contribution in [0.15, 0.2) is 128 Å². The Morgan fingerprint density at radius 1 is 0.849 bits per heavy atom. The van der Waals surface area contributed by atoms with Crippen LogP contribution in [0.4, 0.5) is 0 Å². The zero-order valence-electron chi connectivity index (χ0n) is 29.4. The first kappa shape index (κ1) is 35.9. The van der Waals surface area contributed by atoms with Crippen LogP contribution in [0.5, 0.6) is 5.75 Å². The number of nitrogens with zero attached hydrogens (tertiary/aromatic N) is 3. The molecule has 4 atom stereocenters. The third kappa shape index (κ3) is 8.94. The summed E-state index contributed by atoms with van der Waals surface area (Å²) in [4.78, 5) is 23.8. The molecule has 7 rings (SSSR count). The molecule has 10 nitrogen and oxygen atoms in total. The summed E-state index contributed by atoms with van der Waals surface area (Å²) in [5.41, 5.74) is 7.87. The molecular formula is C43H42N4O6. The van der Waals surface area contributed by atoms with Crippen LogP contribution in [0, 0.1) is 0 Å². The van der Waals surface area contributed by atoms with Crippen molar-refractivity contribution in [1.82, 2.24) is 20.2 Å². The van der Waals surface area contributed by atoms with Crippen LogP contribution in [0.25, 0.3) is 22.2 Å². The number of aliphatic hydroxyl groups is 2. The first-order chi connectivity index (χ1) is 25.8. The maximum Gasteiger partial charge on any atom is 0.271 e. The second-order valence-corrected chi connectivity index (χ2v) is 13.4. The van der Waals surface area contributed by atoms with Crippen molar-refractivity contribution in [2.24, 2.45) is 0 Å². The summed E-state index contributed by atoms with van der Waals surface area (Å²) < 4.78 is 13.2. The molecule has 1 saturated heterocycles. The highest BCUT2D eigenvalue weighted by atomic mass is 16.7. The lowest BCUT2D eigenvalue weighted by atomic mass is 9.98. The number of rotatable bonds is 12. The van der Waals surface area contributed by atoms with E-state index in [1.54, 1.807) is 24.3 Å². The molecule has 1 fully saturated rings. The molecule has 4 N–H and O–H groups in total. The van der Waals surface area contributed by atoms with Crippen molar-refractivity contribution in [1.29, 1.82) is 0 Å². The van der Waals surface area contributed by atoms with Crippen molar-refractivity contribution >= 4 is 16.9 Å². The number of aromatic hydroxyl groups is 1. The van der Waals surface area contributed by atoms with Crippen LogP contribution in [-0.2, 0) is 22.6 Å². The Balaban J connectivity index is 1.06. The Bertz CT molecular complexity index is 2180. The number of hydrogen-bond donors (Lipinski definition) is 4. The van der Waals surface area contributed by atoms with Crippen LogP contribution in [0.1, 0.15) is 63.2 Å². The number of nitrogens with one attached hydrogen (secondary N) is 1. The van der Waals surface area contributed by atoms with Crippen molar-refractivity contribution in [2.45, 2.75) is 44.2 Å². The number of hydrogen-bond acceptors (Lipinski definition) is 9. The zero-order chi connectivity index (χ0) is 36.7. The lowest BCUT2D eigenvalue weighted by Gasteiger charge is -2.38. The summed E-state index contributed by atoms with van der Waals surface area (Å²) in [7, 11) is 1.94. The predicted molar refractivity (Wildman–Crippen MR) is 202 cm³/mol. The monoisotopic (exact) mass is 710 g/mol. The molecule has 5 aromatic carbocycles. The van der Waals surface area contributed by atoms with Gasteiger partial charge >= 0.3 is 0 Å². The topological polar surface area (TPSA) is 137 Å². The van der Waals surface area contributed by atoms with E-state index >= 15 is 0 Å². The molecule has 53 heavy (non-hydrogen) atoms. The number of carbonyl (C=O) groups is 1. The second kappa shape index (κ2) is 16.5. The van der Waals surface area contributed by atoms with Crippen molar-refractivity contribution in [3.05, 3.63) is 161 Å². The van der Waals surface area contributed by atoms with Gasteiger partial charge in [-0.05, 0) is 76.8 Å². The molecule has 1 aliphatic heterocycles. The molecule has 4 unspecified atom stereocenters. The maximum atomic E-state index is 12.9. The predicted octanol–water partition coefficient (Wildman–Crippen LogP) is 6.64. The van der Waals surface area contributed by atoms with Gasteiger partial charge in [-0.2, -0.15) is 0 Å². The fraction of sp³-hybridized carbons (Fsp3) is 0.233. The van der Waals surface area contributed by atoms with Crippen molar-refractivity contribution in [2.75, 3.05) is 20.1 Å². The Morgan fingerprint density at radius 3 is 2.40 bits per heavy atom. The number of amides is 1. The summed E-state index contributed by atoms with van der Waals surface area (Å²) in [6, 6.07) is 38.0. The van der Waals surface area contributed by atoms with E-state index in [4.69, 9.17) is 9.47 Å². The third-order valence-corrected chi connectivity index (χ3v) is 9.42. The maximum absolute atomic E-state index is 12.9. The summed E-state index contributed by atoms with van der Waals surface area (Å²) in [5.74, 6) is -0.181.